The summed E-state index contributed by atoms with van der Waals surface area (Å²) in [6.07, 6.45) is -0.197. The van der Waals surface area contributed by atoms with Gasteiger partial charge in [-0.15, -0.1) is 0 Å². The van der Waals surface area contributed by atoms with Gasteiger partial charge in [-0.1, -0.05) is 20.8 Å². The molecule has 0 aliphatic carbocycles. The maximum atomic E-state index is 11.8. The van der Waals surface area contributed by atoms with Gasteiger partial charge in [0.1, 0.15) is 6.10 Å². The minimum Gasteiger partial charge on any atom is -0.350 e. The van der Waals surface area contributed by atoms with Crippen LogP contribution in [0.25, 0.3) is 0 Å². The normalized spacial score (nSPS) is 27.9. The molecule has 1 saturated heterocycles. The smallest absolute Gasteiger partial charge is 0.241 e. The molecule has 2 atom stereocenters. The van der Waals surface area contributed by atoms with Crippen molar-refractivity contribution < 1.29 is 13.2 Å². The van der Waals surface area contributed by atoms with Crippen LogP contribution < -0.4 is 4.72 Å². The molecule has 1 rings (SSSR count). The van der Waals surface area contributed by atoms with E-state index < -0.39 is 21.0 Å². The van der Waals surface area contributed by atoms with Crippen LogP contribution >= 0.6 is 0 Å². The molecule has 0 aromatic heterocycles. The SMILES string of the molecule is CC(C)(C)NS(=O)(=O)C1OC1C(C)(C)C. The first-order valence-electron chi connectivity index (χ1n) is 5.12. The van der Waals surface area contributed by atoms with Gasteiger partial charge in [0, 0.05) is 5.54 Å². The maximum Gasteiger partial charge on any atom is 0.241 e. The van der Waals surface area contributed by atoms with Crippen LogP contribution in [0.1, 0.15) is 41.5 Å². The molecular weight excluding hydrogens is 214 g/mol. The lowest BCUT2D eigenvalue weighted by Gasteiger charge is -2.20. The fourth-order valence-electron chi connectivity index (χ4n) is 1.43. The zero-order valence-corrected chi connectivity index (χ0v) is 11.1. The Morgan fingerprint density at radius 2 is 1.53 bits per heavy atom. The van der Waals surface area contributed by atoms with E-state index in [0.29, 0.717) is 0 Å². The summed E-state index contributed by atoms with van der Waals surface area (Å²) in [5.74, 6) is 0. The van der Waals surface area contributed by atoms with E-state index in [1.165, 1.54) is 0 Å². The number of nitrogens with one attached hydrogen (secondary N) is 1. The highest BCUT2D eigenvalue weighted by Crippen LogP contribution is 2.40. The molecule has 1 fully saturated rings. The second kappa shape index (κ2) is 3.43. The molecule has 1 heterocycles. The lowest BCUT2D eigenvalue weighted by Crippen LogP contribution is -2.43. The lowest BCUT2D eigenvalue weighted by molar-refractivity contribution is 0.264. The number of epoxide rings is 1. The molecule has 0 amide bonds. The third-order valence-corrected chi connectivity index (χ3v) is 3.93. The van der Waals surface area contributed by atoms with E-state index in [9.17, 15) is 8.42 Å². The standard InChI is InChI=1S/C10H21NO3S/c1-9(2,3)7-8(14-7)15(12,13)11-10(4,5)6/h7-8,11H,1-6H3. The molecule has 0 bridgehead atoms. The highest BCUT2D eigenvalue weighted by Gasteiger charge is 2.55. The Balaban J connectivity index is 2.69. The first kappa shape index (κ1) is 12.9. The summed E-state index contributed by atoms with van der Waals surface area (Å²) in [6.45, 7) is 11.4. The molecule has 0 aromatic rings. The van der Waals surface area contributed by atoms with Crippen LogP contribution in [0.3, 0.4) is 0 Å². The van der Waals surface area contributed by atoms with Crippen LogP contribution in [0.5, 0.6) is 0 Å². The van der Waals surface area contributed by atoms with Crippen LogP contribution in [-0.2, 0) is 14.8 Å². The van der Waals surface area contributed by atoms with Crippen LogP contribution in [0, 0.1) is 5.41 Å². The Morgan fingerprint density at radius 3 is 1.80 bits per heavy atom. The third-order valence-electron chi connectivity index (χ3n) is 2.06. The highest BCUT2D eigenvalue weighted by atomic mass is 32.2. The van der Waals surface area contributed by atoms with Gasteiger partial charge in [0.15, 0.2) is 5.44 Å². The van der Waals surface area contributed by atoms with Crippen molar-refractivity contribution in [2.24, 2.45) is 5.41 Å². The van der Waals surface area contributed by atoms with Crippen molar-refractivity contribution in [3.8, 4) is 0 Å². The van der Waals surface area contributed by atoms with Crippen molar-refractivity contribution in [2.75, 3.05) is 0 Å². The Bertz CT molecular complexity index is 335. The van der Waals surface area contributed by atoms with Crippen molar-refractivity contribution in [1.82, 2.24) is 4.72 Å². The van der Waals surface area contributed by atoms with Gasteiger partial charge < -0.3 is 4.74 Å². The first-order chi connectivity index (χ1) is 6.43. The van der Waals surface area contributed by atoms with Gasteiger partial charge in [0.05, 0.1) is 0 Å². The molecular formula is C10H21NO3S. The van der Waals surface area contributed by atoms with Gasteiger partial charge in [0.25, 0.3) is 0 Å². The molecule has 1 aliphatic heterocycles. The largest absolute Gasteiger partial charge is 0.350 e. The number of ether oxygens (including phenoxy) is 1. The summed E-state index contributed by atoms with van der Waals surface area (Å²) in [4.78, 5) is 0. The topological polar surface area (TPSA) is 58.7 Å². The molecule has 0 saturated carbocycles. The number of hydrogen-bond donors (Lipinski definition) is 1. The highest BCUT2D eigenvalue weighted by molar-refractivity contribution is 7.90. The van der Waals surface area contributed by atoms with Gasteiger partial charge in [-0.05, 0) is 26.2 Å². The predicted octanol–water partition coefficient (Wildman–Crippen LogP) is 1.48. The summed E-state index contributed by atoms with van der Waals surface area (Å²) in [5.41, 5.74) is -1.26. The summed E-state index contributed by atoms with van der Waals surface area (Å²) in [7, 11) is -3.35. The molecule has 1 aliphatic rings. The molecule has 2 unspecified atom stereocenters. The van der Waals surface area contributed by atoms with Crippen LogP contribution in [-0.4, -0.2) is 25.5 Å². The van der Waals surface area contributed by atoms with Crippen molar-refractivity contribution >= 4 is 10.0 Å². The molecule has 1 N–H and O–H groups in total. The Labute approximate surface area is 92.4 Å². The zero-order chi connectivity index (χ0) is 12.1. The quantitative estimate of drug-likeness (QED) is 0.737. The van der Waals surface area contributed by atoms with Crippen LogP contribution in [0.4, 0.5) is 0 Å². The van der Waals surface area contributed by atoms with E-state index in [4.69, 9.17) is 4.74 Å². The number of rotatable bonds is 2. The second-order valence-corrected chi connectivity index (χ2v) is 7.95. The summed E-state index contributed by atoms with van der Waals surface area (Å²) in [6, 6.07) is 0. The van der Waals surface area contributed by atoms with Gasteiger partial charge in [-0.2, -0.15) is 0 Å². The van der Waals surface area contributed by atoms with Crippen molar-refractivity contribution in [3.05, 3.63) is 0 Å². The zero-order valence-electron chi connectivity index (χ0n) is 10.3. The van der Waals surface area contributed by atoms with E-state index in [2.05, 4.69) is 4.72 Å². The summed E-state index contributed by atoms with van der Waals surface area (Å²) >= 11 is 0. The van der Waals surface area contributed by atoms with E-state index in [1.54, 1.807) is 0 Å². The van der Waals surface area contributed by atoms with Crippen molar-refractivity contribution in [1.29, 1.82) is 0 Å². The molecule has 90 valence electrons. The average molecular weight is 235 g/mol. The van der Waals surface area contributed by atoms with E-state index >= 15 is 0 Å². The van der Waals surface area contributed by atoms with Crippen LogP contribution in [0.15, 0.2) is 0 Å². The Hall–Kier alpha value is -0.130. The van der Waals surface area contributed by atoms with Gasteiger partial charge >= 0.3 is 0 Å². The first-order valence-corrected chi connectivity index (χ1v) is 6.66. The number of hydrogen-bond acceptors (Lipinski definition) is 3. The maximum absolute atomic E-state index is 11.8. The Morgan fingerprint density at radius 1 is 1.07 bits per heavy atom. The third kappa shape index (κ3) is 3.43. The molecule has 0 radical (unpaired) electrons. The molecule has 15 heavy (non-hydrogen) atoms. The van der Waals surface area contributed by atoms with E-state index in [-0.39, 0.29) is 11.5 Å². The van der Waals surface area contributed by atoms with Gasteiger partial charge in [-0.25, -0.2) is 13.1 Å². The molecule has 0 aromatic carbocycles. The van der Waals surface area contributed by atoms with Crippen molar-refractivity contribution in [2.45, 2.75) is 58.6 Å². The average Bonchev–Trinajstić information content (AvgIpc) is 2.52. The minimum absolute atomic E-state index is 0.128. The van der Waals surface area contributed by atoms with Gasteiger partial charge in [-0.3, -0.25) is 0 Å². The van der Waals surface area contributed by atoms with Crippen LogP contribution in [0.2, 0.25) is 0 Å². The number of sulfonamides is 1. The molecule has 5 heteroatoms. The summed E-state index contributed by atoms with van der Waals surface area (Å²) < 4.78 is 31.5. The summed E-state index contributed by atoms with van der Waals surface area (Å²) in [5, 5.41) is 0. The molecule has 4 nitrogen and oxygen atoms in total. The van der Waals surface area contributed by atoms with E-state index in [1.807, 2.05) is 41.5 Å². The monoisotopic (exact) mass is 235 g/mol. The predicted molar refractivity (Wildman–Crippen MR) is 59.9 cm³/mol. The lowest BCUT2D eigenvalue weighted by atomic mass is 9.93. The van der Waals surface area contributed by atoms with Gasteiger partial charge in [0.2, 0.25) is 10.0 Å². The van der Waals surface area contributed by atoms with E-state index in [0.717, 1.165) is 0 Å². The fraction of sp³-hybridized carbons (Fsp3) is 1.00. The minimum atomic E-state index is -3.35. The second-order valence-electron chi connectivity index (χ2n) is 6.19. The Kier molecular flexibility index (Phi) is 2.96. The fourth-order valence-corrected chi connectivity index (χ4v) is 3.40. The molecule has 0 spiro atoms. The van der Waals surface area contributed by atoms with Crippen molar-refractivity contribution in [3.63, 3.8) is 0 Å².